The maximum absolute atomic E-state index is 12.6. The number of anilines is 4. The van der Waals surface area contributed by atoms with E-state index in [2.05, 4.69) is 20.9 Å². The van der Waals surface area contributed by atoms with Crippen LogP contribution >= 0.6 is 0 Å². The van der Waals surface area contributed by atoms with E-state index in [1.54, 1.807) is 43.6 Å². The monoisotopic (exact) mass is 376 g/mol. The van der Waals surface area contributed by atoms with Crippen LogP contribution in [-0.2, 0) is 4.79 Å². The largest absolute Gasteiger partial charge is 0.497 e. The Morgan fingerprint density at radius 3 is 2.32 bits per heavy atom. The van der Waals surface area contributed by atoms with Crippen molar-refractivity contribution in [2.75, 3.05) is 23.1 Å². The van der Waals surface area contributed by atoms with Crippen molar-refractivity contribution in [3.05, 3.63) is 72.6 Å². The Morgan fingerprint density at radius 1 is 0.857 bits per heavy atom. The number of nitrogens with zero attached hydrogens (tertiary/aromatic N) is 1. The second-order valence-electron chi connectivity index (χ2n) is 6.04. The molecule has 142 valence electrons. The fourth-order valence-corrected chi connectivity index (χ4v) is 2.58. The Kier molecular flexibility index (Phi) is 5.86. The summed E-state index contributed by atoms with van der Waals surface area (Å²) in [5.41, 5.74) is 3.08. The normalized spacial score (nSPS) is 10.1. The molecule has 0 spiro atoms. The van der Waals surface area contributed by atoms with Gasteiger partial charge >= 0.3 is 0 Å². The summed E-state index contributed by atoms with van der Waals surface area (Å²) in [6.45, 7) is 1.43. The number of rotatable bonds is 6. The van der Waals surface area contributed by atoms with Crippen molar-refractivity contribution >= 4 is 34.6 Å². The van der Waals surface area contributed by atoms with E-state index >= 15 is 0 Å². The number of ether oxygens (including phenoxy) is 1. The number of pyridine rings is 1. The van der Waals surface area contributed by atoms with Gasteiger partial charge in [-0.1, -0.05) is 12.1 Å². The van der Waals surface area contributed by atoms with E-state index in [-0.39, 0.29) is 11.8 Å². The maximum atomic E-state index is 12.6. The Bertz CT molecular complexity index is 1000. The van der Waals surface area contributed by atoms with E-state index < -0.39 is 0 Å². The number of aromatic nitrogens is 1. The maximum Gasteiger partial charge on any atom is 0.257 e. The number of carbonyl (C=O) groups excluding carboxylic acids is 2. The topological polar surface area (TPSA) is 92.3 Å². The summed E-state index contributed by atoms with van der Waals surface area (Å²) in [5, 5.41) is 8.68. The predicted molar refractivity (Wildman–Crippen MR) is 109 cm³/mol. The molecule has 1 heterocycles. The molecule has 0 aliphatic carbocycles. The van der Waals surface area contributed by atoms with Crippen molar-refractivity contribution < 1.29 is 14.3 Å². The first-order chi connectivity index (χ1) is 13.5. The number of methoxy groups -OCH3 is 1. The zero-order valence-electron chi connectivity index (χ0n) is 15.5. The third kappa shape index (κ3) is 5.07. The van der Waals surface area contributed by atoms with Gasteiger partial charge < -0.3 is 20.7 Å². The van der Waals surface area contributed by atoms with E-state index in [9.17, 15) is 9.59 Å². The summed E-state index contributed by atoms with van der Waals surface area (Å²) < 4.78 is 5.21. The standard InChI is InChI=1S/C21H20N4O3/c1-14(26)23-16-5-3-6-17(10-16)25-21(27)15-9-19(13-22-12-15)24-18-7-4-8-20(11-18)28-2/h3-13,24H,1-2H3,(H,23,26)(H,25,27). The summed E-state index contributed by atoms with van der Waals surface area (Å²) in [6, 6.07) is 16.1. The van der Waals surface area contributed by atoms with E-state index in [0.717, 1.165) is 11.4 Å². The van der Waals surface area contributed by atoms with Gasteiger partial charge in [0.15, 0.2) is 0 Å². The van der Waals surface area contributed by atoms with E-state index in [4.69, 9.17) is 4.74 Å². The molecule has 0 saturated heterocycles. The summed E-state index contributed by atoms with van der Waals surface area (Å²) >= 11 is 0. The summed E-state index contributed by atoms with van der Waals surface area (Å²) in [7, 11) is 1.60. The fourth-order valence-electron chi connectivity index (χ4n) is 2.58. The van der Waals surface area contributed by atoms with Crippen molar-refractivity contribution in [2.24, 2.45) is 0 Å². The van der Waals surface area contributed by atoms with Gasteiger partial charge in [-0.2, -0.15) is 0 Å². The van der Waals surface area contributed by atoms with Gasteiger partial charge in [-0.05, 0) is 36.4 Å². The Labute approximate surface area is 162 Å². The van der Waals surface area contributed by atoms with Gasteiger partial charge in [-0.25, -0.2) is 0 Å². The van der Waals surface area contributed by atoms with Gasteiger partial charge in [0.2, 0.25) is 5.91 Å². The highest BCUT2D eigenvalue weighted by Crippen LogP contribution is 2.22. The molecule has 7 heteroatoms. The molecule has 0 saturated carbocycles. The van der Waals surface area contributed by atoms with Crippen LogP contribution in [0.15, 0.2) is 67.0 Å². The SMILES string of the molecule is COc1cccc(Nc2cncc(C(=O)Nc3cccc(NC(C)=O)c3)c2)c1. The van der Waals surface area contributed by atoms with Crippen molar-refractivity contribution in [3.63, 3.8) is 0 Å². The lowest BCUT2D eigenvalue weighted by atomic mass is 10.2. The first-order valence-electron chi connectivity index (χ1n) is 8.58. The smallest absolute Gasteiger partial charge is 0.257 e. The van der Waals surface area contributed by atoms with Crippen LogP contribution in [0.4, 0.5) is 22.7 Å². The number of amides is 2. The molecule has 7 nitrogen and oxygen atoms in total. The molecule has 0 fully saturated rings. The number of benzene rings is 2. The lowest BCUT2D eigenvalue weighted by Gasteiger charge is -2.10. The molecule has 0 atom stereocenters. The molecule has 0 aliphatic heterocycles. The van der Waals surface area contributed by atoms with E-state index in [0.29, 0.717) is 22.6 Å². The molecule has 0 bridgehead atoms. The minimum atomic E-state index is -0.304. The quantitative estimate of drug-likeness (QED) is 0.604. The van der Waals surface area contributed by atoms with Crippen molar-refractivity contribution in [1.29, 1.82) is 0 Å². The van der Waals surface area contributed by atoms with Crippen molar-refractivity contribution in [2.45, 2.75) is 6.92 Å². The van der Waals surface area contributed by atoms with Crippen LogP contribution in [0, 0.1) is 0 Å². The first-order valence-corrected chi connectivity index (χ1v) is 8.58. The van der Waals surface area contributed by atoms with Gasteiger partial charge in [0.25, 0.3) is 5.91 Å². The molecular weight excluding hydrogens is 356 g/mol. The van der Waals surface area contributed by atoms with Crippen LogP contribution in [0.2, 0.25) is 0 Å². The van der Waals surface area contributed by atoms with Crippen LogP contribution in [0.25, 0.3) is 0 Å². The average Bonchev–Trinajstić information content (AvgIpc) is 2.68. The predicted octanol–water partition coefficient (Wildman–Crippen LogP) is 4.04. The Balaban J connectivity index is 1.72. The number of hydrogen-bond acceptors (Lipinski definition) is 5. The molecular formula is C21H20N4O3. The molecule has 3 aromatic rings. The molecule has 0 unspecified atom stereocenters. The zero-order chi connectivity index (χ0) is 19.9. The molecule has 3 N–H and O–H groups in total. The zero-order valence-corrected chi connectivity index (χ0v) is 15.5. The highest BCUT2D eigenvalue weighted by molar-refractivity contribution is 6.05. The van der Waals surface area contributed by atoms with Gasteiger partial charge in [-0.15, -0.1) is 0 Å². The molecule has 2 aromatic carbocycles. The molecule has 0 aliphatic rings. The minimum Gasteiger partial charge on any atom is -0.497 e. The molecule has 2 amide bonds. The molecule has 28 heavy (non-hydrogen) atoms. The second kappa shape index (κ2) is 8.68. The lowest BCUT2D eigenvalue weighted by Crippen LogP contribution is -2.13. The fraction of sp³-hybridized carbons (Fsp3) is 0.0952. The van der Waals surface area contributed by atoms with Crippen LogP contribution < -0.4 is 20.7 Å². The molecule has 1 aromatic heterocycles. The second-order valence-corrected chi connectivity index (χ2v) is 6.04. The first kappa shape index (κ1) is 18.9. The third-order valence-electron chi connectivity index (χ3n) is 3.80. The number of carbonyl (C=O) groups is 2. The third-order valence-corrected chi connectivity index (χ3v) is 3.80. The summed E-state index contributed by atoms with van der Waals surface area (Å²) in [4.78, 5) is 27.9. The molecule has 0 radical (unpaired) electrons. The number of hydrogen-bond donors (Lipinski definition) is 3. The van der Waals surface area contributed by atoms with Crippen LogP contribution in [0.1, 0.15) is 17.3 Å². The Morgan fingerprint density at radius 2 is 1.57 bits per heavy atom. The van der Waals surface area contributed by atoms with E-state index in [1.807, 2.05) is 24.3 Å². The average molecular weight is 376 g/mol. The molecule has 3 rings (SSSR count). The minimum absolute atomic E-state index is 0.177. The highest BCUT2D eigenvalue weighted by atomic mass is 16.5. The van der Waals surface area contributed by atoms with Gasteiger partial charge in [0, 0.05) is 36.2 Å². The van der Waals surface area contributed by atoms with Gasteiger partial charge in [-0.3, -0.25) is 14.6 Å². The lowest BCUT2D eigenvalue weighted by molar-refractivity contribution is -0.114. The Hall–Kier alpha value is -3.87. The number of nitrogens with one attached hydrogen (secondary N) is 3. The van der Waals surface area contributed by atoms with Crippen LogP contribution in [0.5, 0.6) is 5.75 Å². The summed E-state index contributed by atoms with van der Waals surface area (Å²) in [5.74, 6) is 0.247. The van der Waals surface area contributed by atoms with Crippen LogP contribution in [-0.4, -0.2) is 23.9 Å². The summed E-state index contributed by atoms with van der Waals surface area (Å²) in [6.07, 6.45) is 3.12. The van der Waals surface area contributed by atoms with Crippen molar-refractivity contribution in [3.8, 4) is 5.75 Å². The van der Waals surface area contributed by atoms with Gasteiger partial charge in [0.1, 0.15) is 5.75 Å². The van der Waals surface area contributed by atoms with Crippen LogP contribution in [0.3, 0.4) is 0 Å². The van der Waals surface area contributed by atoms with Gasteiger partial charge in [0.05, 0.1) is 24.6 Å². The van der Waals surface area contributed by atoms with Crippen molar-refractivity contribution in [1.82, 2.24) is 4.98 Å². The highest BCUT2D eigenvalue weighted by Gasteiger charge is 2.09. The van der Waals surface area contributed by atoms with E-state index in [1.165, 1.54) is 13.1 Å².